The Morgan fingerprint density at radius 2 is 2.04 bits per heavy atom. The van der Waals surface area contributed by atoms with Crippen LogP contribution in [0.25, 0.3) is 0 Å². The van der Waals surface area contributed by atoms with Crippen molar-refractivity contribution < 1.29 is 14.3 Å². The van der Waals surface area contributed by atoms with Crippen molar-refractivity contribution in [1.82, 2.24) is 19.8 Å². The van der Waals surface area contributed by atoms with Gasteiger partial charge in [0.15, 0.2) is 5.69 Å². The molecule has 3 rings (SSSR count). The van der Waals surface area contributed by atoms with Gasteiger partial charge >= 0.3 is 0 Å². The average molecular weight is 385 g/mol. The Morgan fingerprint density at radius 3 is 2.68 bits per heavy atom. The van der Waals surface area contributed by atoms with E-state index in [1.54, 1.807) is 13.8 Å². The van der Waals surface area contributed by atoms with E-state index >= 15 is 0 Å². The second-order valence-electron chi connectivity index (χ2n) is 7.04. The lowest BCUT2D eigenvalue weighted by Crippen LogP contribution is -2.52. The summed E-state index contributed by atoms with van der Waals surface area (Å²) in [4.78, 5) is 31.2. The van der Waals surface area contributed by atoms with Gasteiger partial charge in [-0.15, -0.1) is 0 Å². The molecule has 0 saturated heterocycles. The lowest BCUT2D eigenvalue weighted by atomic mass is 9.98. The number of carbonyl (C=O) groups is 1. The molecule has 0 aliphatic carbocycles. The number of hydrogen-bond donors (Lipinski definition) is 2. The van der Waals surface area contributed by atoms with E-state index in [1.807, 2.05) is 4.90 Å². The van der Waals surface area contributed by atoms with Crippen LogP contribution >= 0.6 is 0 Å². The Kier molecular flexibility index (Phi) is 5.16. The van der Waals surface area contributed by atoms with Crippen molar-refractivity contribution in [2.45, 2.75) is 32.5 Å². The van der Waals surface area contributed by atoms with E-state index in [1.165, 1.54) is 28.8 Å². The third-order valence-corrected chi connectivity index (χ3v) is 4.92. The zero-order chi connectivity index (χ0) is 20.5. The second-order valence-corrected chi connectivity index (χ2v) is 7.04. The molecule has 28 heavy (non-hydrogen) atoms. The zero-order valence-corrected chi connectivity index (χ0v) is 15.6. The van der Waals surface area contributed by atoms with E-state index in [4.69, 9.17) is 5.26 Å². The molecule has 0 atom stereocenters. The highest BCUT2D eigenvalue weighted by molar-refractivity contribution is 5.94. The van der Waals surface area contributed by atoms with Crippen molar-refractivity contribution in [2.24, 2.45) is 0 Å². The van der Waals surface area contributed by atoms with Gasteiger partial charge in [-0.2, -0.15) is 5.26 Å². The van der Waals surface area contributed by atoms with Crippen molar-refractivity contribution in [3.05, 3.63) is 57.5 Å². The van der Waals surface area contributed by atoms with Crippen molar-refractivity contribution >= 4 is 5.91 Å². The number of aromatic hydroxyl groups is 1. The third-order valence-electron chi connectivity index (χ3n) is 4.92. The summed E-state index contributed by atoms with van der Waals surface area (Å²) in [6.07, 6.45) is 0. The number of carbonyl (C=O) groups excluding carboxylic acids is 1. The number of nitrogens with one attached hydrogen (secondary N) is 1. The van der Waals surface area contributed by atoms with Crippen LogP contribution in [0.4, 0.5) is 4.39 Å². The van der Waals surface area contributed by atoms with Gasteiger partial charge in [-0.3, -0.25) is 19.1 Å². The molecule has 1 aliphatic rings. The molecule has 2 heterocycles. The van der Waals surface area contributed by atoms with Gasteiger partial charge in [0.1, 0.15) is 11.6 Å². The minimum Gasteiger partial charge on any atom is -0.501 e. The van der Waals surface area contributed by atoms with Gasteiger partial charge < -0.3 is 10.4 Å². The van der Waals surface area contributed by atoms with Crippen molar-refractivity contribution in [1.29, 1.82) is 5.26 Å². The lowest BCUT2D eigenvalue weighted by molar-refractivity contribution is 0.0858. The molecule has 1 aromatic heterocycles. The average Bonchev–Trinajstić information content (AvgIpc) is 2.66. The van der Waals surface area contributed by atoms with E-state index in [0.29, 0.717) is 17.9 Å². The minimum atomic E-state index is -0.771. The standard InChI is InChI=1S/C19H20FN5O3/c1-19(2)18-23-14(16(27)22-11-12-3-5-13(20)6-4-12)15(26)17(28)25(18)10-9-24(19)8-7-21/h3-6,26H,8-11H2,1-2H3,(H,22,27). The van der Waals surface area contributed by atoms with Crippen LogP contribution < -0.4 is 10.9 Å². The predicted octanol–water partition coefficient (Wildman–Crippen LogP) is 1.09. The number of halogens is 1. The van der Waals surface area contributed by atoms with E-state index in [0.717, 1.165) is 0 Å². The molecule has 2 aromatic rings. The fourth-order valence-electron chi connectivity index (χ4n) is 3.25. The van der Waals surface area contributed by atoms with Gasteiger partial charge in [0, 0.05) is 19.6 Å². The maximum absolute atomic E-state index is 13.0. The highest BCUT2D eigenvalue weighted by Gasteiger charge is 2.38. The fourth-order valence-corrected chi connectivity index (χ4v) is 3.25. The molecule has 146 valence electrons. The van der Waals surface area contributed by atoms with Gasteiger partial charge in [0.05, 0.1) is 18.2 Å². The summed E-state index contributed by atoms with van der Waals surface area (Å²) >= 11 is 0. The number of nitrogens with zero attached hydrogens (tertiary/aromatic N) is 4. The summed E-state index contributed by atoms with van der Waals surface area (Å²) in [5.41, 5.74) is -1.18. The summed E-state index contributed by atoms with van der Waals surface area (Å²) < 4.78 is 14.3. The number of aromatic nitrogens is 2. The van der Waals surface area contributed by atoms with Crippen LogP contribution in [0.3, 0.4) is 0 Å². The highest BCUT2D eigenvalue weighted by Crippen LogP contribution is 2.30. The molecule has 8 nitrogen and oxygen atoms in total. The first-order valence-corrected chi connectivity index (χ1v) is 8.74. The quantitative estimate of drug-likeness (QED) is 0.762. The normalized spacial score (nSPS) is 15.5. The predicted molar refractivity (Wildman–Crippen MR) is 97.9 cm³/mol. The van der Waals surface area contributed by atoms with E-state index in [-0.39, 0.29) is 31.1 Å². The van der Waals surface area contributed by atoms with E-state index < -0.39 is 22.8 Å². The van der Waals surface area contributed by atoms with Gasteiger partial charge in [-0.05, 0) is 31.5 Å². The van der Waals surface area contributed by atoms with Crippen LogP contribution in [0.5, 0.6) is 5.75 Å². The van der Waals surface area contributed by atoms with Crippen LogP contribution in [0.15, 0.2) is 29.1 Å². The van der Waals surface area contributed by atoms with Gasteiger partial charge in [-0.25, -0.2) is 9.37 Å². The Morgan fingerprint density at radius 1 is 1.36 bits per heavy atom. The molecule has 0 spiro atoms. The van der Waals surface area contributed by atoms with Crippen molar-refractivity contribution in [3.63, 3.8) is 0 Å². The Labute approximate surface area is 160 Å². The summed E-state index contributed by atoms with van der Waals surface area (Å²) in [6.45, 7) is 4.55. The maximum atomic E-state index is 13.0. The molecule has 0 fully saturated rings. The lowest BCUT2D eigenvalue weighted by Gasteiger charge is -2.41. The van der Waals surface area contributed by atoms with Gasteiger partial charge in [0.2, 0.25) is 5.75 Å². The summed E-state index contributed by atoms with van der Waals surface area (Å²) in [5.74, 6) is -1.51. The number of fused-ring (bicyclic) bond motifs is 1. The molecule has 0 unspecified atom stereocenters. The summed E-state index contributed by atoms with van der Waals surface area (Å²) in [6, 6.07) is 7.67. The molecule has 1 aliphatic heterocycles. The smallest absolute Gasteiger partial charge is 0.296 e. The summed E-state index contributed by atoms with van der Waals surface area (Å²) in [7, 11) is 0. The topological polar surface area (TPSA) is 111 Å². The number of hydrogen-bond acceptors (Lipinski definition) is 6. The molecular formula is C19H20FN5O3. The zero-order valence-electron chi connectivity index (χ0n) is 15.6. The number of benzene rings is 1. The first kappa shape index (κ1) is 19.5. The third kappa shape index (κ3) is 3.46. The number of nitriles is 1. The van der Waals surface area contributed by atoms with Crippen LogP contribution in [-0.2, 0) is 18.6 Å². The van der Waals surface area contributed by atoms with Crippen LogP contribution in [0, 0.1) is 17.1 Å². The van der Waals surface area contributed by atoms with Crippen LogP contribution in [0.1, 0.15) is 35.7 Å². The first-order chi connectivity index (χ1) is 13.3. The molecule has 9 heteroatoms. The van der Waals surface area contributed by atoms with Gasteiger partial charge in [-0.1, -0.05) is 12.1 Å². The van der Waals surface area contributed by atoms with Gasteiger partial charge in [0.25, 0.3) is 11.5 Å². The SMILES string of the molecule is CC1(C)c2nc(C(=O)NCc3ccc(F)cc3)c(O)c(=O)n2CCN1CC#N. The number of amides is 1. The van der Waals surface area contributed by atoms with Crippen molar-refractivity contribution in [3.8, 4) is 11.8 Å². The monoisotopic (exact) mass is 385 g/mol. The molecule has 1 amide bonds. The second kappa shape index (κ2) is 7.40. The Hall–Kier alpha value is -3.25. The van der Waals surface area contributed by atoms with Crippen LogP contribution in [0.2, 0.25) is 0 Å². The van der Waals surface area contributed by atoms with E-state index in [2.05, 4.69) is 16.4 Å². The molecule has 0 bridgehead atoms. The molecular weight excluding hydrogens is 365 g/mol. The molecule has 1 aromatic carbocycles. The molecule has 0 radical (unpaired) electrons. The minimum absolute atomic E-state index is 0.0859. The number of rotatable bonds is 4. The maximum Gasteiger partial charge on any atom is 0.296 e. The Balaban J connectivity index is 1.92. The molecule has 0 saturated carbocycles. The van der Waals surface area contributed by atoms with Crippen LogP contribution in [-0.4, -0.2) is 38.6 Å². The van der Waals surface area contributed by atoms with Crippen molar-refractivity contribution in [2.75, 3.05) is 13.1 Å². The first-order valence-electron chi connectivity index (χ1n) is 8.74. The highest BCUT2D eigenvalue weighted by atomic mass is 19.1. The molecule has 2 N–H and O–H groups in total. The summed E-state index contributed by atoms with van der Waals surface area (Å²) in [5, 5.41) is 21.8. The van der Waals surface area contributed by atoms with E-state index in [9.17, 15) is 19.1 Å². The fraction of sp³-hybridized carbons (Fsp3) is 0.368. The largest absolute Gasteiger partial charge is 0.501 e. The Bertz CT molecular complexity index is 1010.